The third kappa shape index (κ3) is 2.87. The maximum atomic E-state index is 6.03. The monoisotopic (exact) mass is 255 g/mol. The molecule has 0 bridgehead atoms. The van der Waals surface area contributed by atoms with Crippen molar-refractivity contribution in [2.45, 2.75) is 39.2 Å². The number of hydrogen-bond donors (Lipinski definition) is 1. The number of aryl methyl sites for hydroxylation is 1. The SMILES string of the molecule is Cc1nc(Cl)c(C)c(NCC2(C)CCCO2)n1. The molecule has 1 fully saturated rings. The molecular formula is C12H18ClN3O. The van der Waals surface area contributed by atoms with Gasteiger partial charge in [0.2, 0.25) is 0 Å². The molecule has 1 aliphatic rings. The third-order valence-corrected chi connectivity index (χ3v) is 3.50. The number of nitrogens with one attached hydrogen (secondary N) is 1. The van der Waals surface area contributed by atoms with Gasteiger partial charge >= 0.3 is 0 Å². The molecule has 17 heavy (non-hydrogen) atoms. The Morgan fingerprint density at radius 2 is 2.18 bits per heavy atom. The van der Waals surface area contributed by atoms with Gasteiger partial charge in [-0.1, -0.05) is 11.6 Å². The van der Waals surface area contributed by atoms with Gasteiger partial charge in [0.05, 0.1) is 5.60 Å². The first-order valence-electron chi connectivity index (χ1n) is 5.89. The molecule has 1 atom stereocenters. The van der Waals surface area contributed by atoms with Gasteiger partial charge < -0.3 is 10.1 Å². The highest BCUT2D eigenvalue weighted by Crippen LogP contribution is 2.26. The van der Waals surface area contributed by atoms with Gasteiger partial charge in [0, 0.05) is 18.7 Å². The largest absolute Gasteiger partial charge is 0.373 e. The van der Waals surface area contributed by atoms with Crippen LogP contribution in [0.15, 0.2) is 0 Å². The van der Waals surface area contributed by atoms with Crippen LogP contribution in [0, 0.1) is 13.8 Å². The first kappa shape index (κ1) is 12.6. The van der Waals surface area contributed by atoms with Gasteiger partial charge in [-0.2, -0.15) is 0 Å². The fraction of sp³-hybridized carbons (Fsp3) is 0.667. The number of aromatic nitrogens is 2. The van der Waals surface area contributed by atoms with Crippen LogP contribution in [-0.4, -0.2) is 28.7 Å². The molecule has 1 saturated heterocycles. The first-order valence-corrected chi connectivity index (χ1v) is 6.26. The lowest BCUT2D eigenvalue weighted by molar-refractivity contribution is 0.0314. The lowest BCUT2D eigenvalue weighted by Gasteiger charge is -2.24. The predicted molar refractivity (Wildman–Crippen MR) is 68.6 cm³/mol. The Labute approximate surface area is 107 Å². The van der Waals surface area contributed by atoms with Crippen molar-refractivity contribution >= 4 is 17.4 Å². The minimum atomic E-state index is -0.0855. The molecule has 94 valence electrons. The van der Waals surface area contributed by atoms with Gasteiger partial charge in [0.15, 0.2) is 0 Å². The normalized spacial score (nSPS) is 24.0. The summed E-state index contributed by atoms with van der Waals surface area (Å²) in [6.45, 7) is 7.48. The summed E-state index contributed by atoms with van der Waals surface area (Å²) in [5.74, 6) is 1.49. The number of hydrogen-bond acceptors (Lipinski definition) is 4. The lowest BCUT2D eigenvalue weighted by Crippen LogP contribution is -2.33. The van der Waals surface area contributed by atoms with Gasteiger partial charge in [0.25, 0.3) is 0 Å². The third-order valence-electron chi connectivity index (χ3n) is 3.13. The quantitative estimate of drug-likeness (QED) is 0.844. The molecule has 5 heteroatoms. The smallest absolute Gasteiger partial charge is 0.137 e. The van der Waals surface area contributed by atoms with Crippen molar-refractivity contribution in [1.82, 2.24) is 9.97 Å². The molecular weight excluding hydrogens is 238 g/mol. The Balaban J connectivity index is 2.08. The summed E-state index contributed by atoms with van der Waals surface area (Å²) in [7, 11) is 0. The van der Waals surface area contributed by atoms with Crippen LogP contribution in [-0.2, 0) is 4.74 Å². The van der Waals surface area contributed by atoms with Crippen molar-refractivity contribution in [1.29, 1.82) is 0 Å². The minimum Gasteiger partial charge on any atom is -0.373 e. The zero-order valence-corrected chi connectivity index (χ0v) is 11.3. The van der Waals surface area contributed by atoms with E-state index in [9.17, 15) is 0 Å². The van der Waals surface area contributed by atoms with Crippen LogP contribution in [0.4, 0.5) is 5.82 Å². The van der Waals surface area contributed by atoms with Crippen LogP contribution in [0.1, 0.15) is 31.2 Å². The van der Waals surface area contributed by atoms with Crippen LogP contribution in [0.5, 0.6) is 0 Å². The average Bonchev–Trinajstić information content (AvgIpc) is 2.69. The molecule has 0 spiro atoms. The number of halogens is 1. The van der Waals surface area contributed by atoms with E-state index in [1.165, 1.54) is 0 Å². The average molecular weight is 256 g/mol. The second kappa shape index (κ2) is 4.78. The van der Waals surface area contributed by atoms with E-state index in [1.807, 2.05) is 13.8 Å². The summed E-state index contributed by atoms with van der Waals surface area (Å²) < 4.78 is 5.72. The van der Waals surface area contributed by atoms with Crippen molar-refractivity contribution in [3.8, 4) is 0 Å². The van der Waals surface area contributed by atoms with Crippen LogP contribution in [0.3, 0.4) is 0 Å². The standard InChI is InChI=1S/C12H18ClN3O/c1-8-10(13)15-9(2)16-11(8)14-7-12(3)5-4-6-17-12/h4-7H2,1-3H3,(H,14,15,16). The Hall–Kier alpha value is -0.870. The second-order valence-corrected chi connectivity index (χ2v) is 5.15. The Morgan fingerprint density at radius 3 is 2.82 bits per heavy atom. The highest BCUT2D eigenvalue weighted by Gasteiger charge is 2.29. The predicted octanol–water partition coefficient (Wildman–Crippen LogP) is 2.73. The zero-order valence-electron chi connectivity index (χ0n) is 10.5. The van der Waals surface area contributed by atoms with Gasteiger partial charge in [-0.3, -0.25) is 0 Å². The highest BCUT2D eigenvalue weighted by molar-refractivity contribution is 6.30. The van der Waals surface area contributed by atoms with Gasteiger partial charge in [0.1, 0.15) is 16.8 Å². The van der Waals surface area contributed by atoms with E-state index >= 15 is 0 Å². The molecule has 0 aliphatic carbocycles. The van der Waals surface area contributed by atoms with Crippen molar-refractivity contribution in [2.24, 2.45) is 0 Å². The topological polar surface area (TPSA) is 47.0 Å². The zero-order chi connectivity index (χ0) is 12.5. The molecule has 1 aromatic heterocycles. The van der Waals surface area contributed by atoms with Gasteiger partial charge in [-0.25, -0.2) is 9.97 Å². The number of rotatable bonds is 3. The van der Waals surface area contributed by atoms with E-state index in [-0.39, 0.29) is 5.60 Å². The van der Waals surface area contributed by atoms with Gasteiger partial charge in [-0.15, -0.1) is 0 Å². The van der Waals surface area contributed by atoms with E-state index in [1.54, 1.807) is 0 Å². The maximum absolute atomic E-state index is 6.03. The maximum Gasteiger partial charge on any atom is 0.137 e. The van der Waals surface area contributed by atoms with E-state index in [0.717, 1.165) is 37.4 Å². The van der Waals surface area contributed by atoms with E-state index < -0.39 is 0 Å². The van der Waals surface area contributed by atoms with Crippen molar-refractivity contribution < 1.29 is 4.74 Å². The fourth-order valence-corrected chi connectivity index (χ4v) is 2.23. The molecule has 0 radical (unpaired) electrons. The Bertz CT molecular complexity index is 416. The Kier molecular flexibility index (Phi) is 3.54. The van der Waals surface area contributed by atoms with E-state index in [4.69, 9.17) is 16.3 Å². The molecule has 0 saturated carbocycles. The van der Waals surface area contributed by atoms with Crippen LogP contribution < -0.4 is 5.32 Å². The molecule has 1 aliphatic heterocycles. The summed E-state index contributed by atoms with van der Waals surface area (Å²) in [5, 5.41) is 3.83. The minimum absolute atomic E-state index is 0.0855. The fourth-order valence-electron chi connectivity index (χ4n) is 2.01. The first-order chi connectivity index (χ1) is 8.00. The molecule has 2 rings (SSSR count). The molecule has 2 heterocycles. The van der Waals surface area contributed by atoms with Crippen LogP contribution in [0.25, 0.3) is 0 Å². The number of nitrogens with zero attached hydrogens (tertiary/aromatic N) is 2. The molecule has 0 aromatic carbocycles. The second-order valence-electron chi connectivity index (χ2n) is 4.79. The van der Waals surface area contributed by atoms with Crippen molar-refractivity contribution in [2.75, 3.05) is 18.5 Å². The molecule has 1 unspecified atom stereocenters. The lowest BCUT2D eigenvalue weighted by atomic mass is 10.0. The summed E-state index contributed by atoms with van der Waals surface area (Å²) in [4.78, 5) is 8.48. The highest BCUT2D eigenvalue weighted by atomic mass is 35.5. The van der Waals surface area contributed by atoms with Crippen LogP contribution >= 0.6 is 11.6 Å². The van der Waals surface area contributed by atoms with Crippen molar-refractivity contribution in [3.63, 3.8) is 0 Å². The molecule has 0 amide bonds. The Morgan fingerprint density at radius 1 is 1.41 bits per heavy atom. The van der Waals surface area contributed by atoms with Gasteiger partial charge in [-0.05, 0) is 33.6 Å². The number of ether oxygens (including phenoxy) is 1. The molecule has 1 N–H and O–H groups in total. The summed E-state index contributed by atoms with van der Waals surface area (Å²) in [6, 6.07) is 0. The summed E-state index contributed by atoms with van der Waals surface area (Å²) in [6.07, 6.45) is 2.21. The number of anilines is 1. The van der Waals surface area contributed by atoms with E-state index in [2.05, 4.69) is 22.2 Å². The molecule has 1 aromatic rings. The molecule has 4 nitrogen and oxygen atoms in total. The van der Waals surface area contributed by atoms with Crippen LogP contribution in [0.2, 0.25) is 5.15 Å². The summed E-state index contributed by atoms with van der Waals surface area (Å²) in [5.41, 5.74) is 0.802. The van der Waals surface area contributed by atoms with E-state index in [0.29, 0.717) is 11.0 Å². The van der Waals surface area contributed by atoms with Crippen molar-refractivity contribution in [3.05, 3.63) is 16.5 Å². The summed E-state index contributed by atoms with van der Waals surface area (Å²) >= 11 is 6.03.